The summed E-state index contributed by atoms with van der Waals surface area (Å²) in [6.45, 7) is 5.83. The van der Waals surface area contributed by atoms with Crippen molar-refractivity contribution in [2.75, 3.05) is 32.8 Å². The maximum Gasteiger partial charge on any atom is 0.0558 e. The number of aliphatic hydroxyl groups excluding tert-OH is 2. The first kappa shape index (κ1) is 11.9. The van der Waals surface area contributed by atoms with Crippen LogP contribution in [0, 0.1) is 0 Å². The van der Waals surface area contributed by atoms with Crippen molar-refractivity contribution in [2.45, 2.75) is 26.2 Å². The molecule has 3 heteroatoms. The number of hydrogen-bond donors (Lipinski definition) is 2. The fourth-order valence-corrected chi connectivity index (χ4v) is 1.15. The Morgan fingerprint density at radius 3 is 1.92 bits per heavy atom. The Morgan fingerprint density at radius 2 is 1.58 bits per heavy atom. The molecule has 0 aromatic heterocycles. The molecule has 2 N–H and O–H groups in total. The Labute approximate surface area is 75.0 Å². The molecule has 74 valence electrons. The largest absolute Gasteiger partial charge is 0.396 e. The van der Waals surface area contributed by atoms with E-state index in [0.717, 1.165) is 13.0 Å². The predicted octanol–water partition coefficient (Wildman–Crippen LogP) is 0.463. The summed E-state index contributed by atoms with van der Waals surface area (Å²) in [6.07, 6.45) is 3.51. The average Bonchev–Trinajstić information content (AvgIpc) is 2.58. The van der Waals surface area contributed by atoms with Crippen molar-refractivity contribution in [2.24, 2.45) is 0 Å². The molecular weight excluding hydrogens is 154 g/mol. The van der Waals surface area contributed by atoms with E-state index in [1.165, 1.54) is 25.9 Å². The second-order valence-electron chi connectivity index (χ2n) is 3.00. The molecule has 0 atom stereocenters. The minimum atomic E-state index is 0.319. The molecule has 0 radical (unpaired) electrons. The van der Waals surface area contributed by atoms with E-state index in [-0.39, 0.29) is 0 Å². The molecule has 0 amide bonds. The van der Waals surface area contributed by atoms with Gasteiger partial charge in [0, 0.05) is 13.2 Å². The Hall–Kier alpha value is -0.120. The van der Waals surface area contributed by atoms with Crippen molar-refractivity contribution >= 4 is 0 Å². The van der Waals surface area contributed by atoms with Crippen LogP contribution in [0.4, 0.5) is 0 Å². The van der Waals surface area contributed by atoms with Crippen molar-refractivity contribution in [1.82, 2.24) is 4.90 Å². The van der Waals surface area contributed by atoms with Gasteiger partial charge in [-0.2, -0.15) is 0 Å². The van der Waals surface area contributed by atoms with Crippen molar-refractivity contribution in [1.29, 1.82) is 0 Å². The summed E-state index contributed by atoms with van der Waals surface area (Å²) in [7, 11) is 0. The van der Waals surface area contributed by atoms with E-state index in [0.29, 0.717) is 13.2 Å². The van der Waals surface area contributed by atoms with Crippen LogP contribution in [0.2, 0.25) is 0 Å². The fraction of sp³-hybridized carbons (Fsp3) is 1.00. The summed E-state index contributed by atoms with van der Waals surface area (Å²) in [5.74, 6) is 0. The number of hydrogen-bond acceptors (Lipinski definition) is 3. The van der Waals surface area contributed by atoms with Gasteiger partial charge in [-0.25, -0.2) is 0 Å². The maximum atomic E-state index is 8.48. The smallest absolute Gasteiger partial charge is 0.0558 e. The van der Waals surface area contributed by atoms with Gasteiger partial charge >= 0.3 is 0 Å². The van der Waals surface area contributed by atoms with Gasteiger partial charge in [0.05, 0.1) is 6.61 Å². The lowest BCUT2D eigenvalue weighted by Gasteiger charge is -2.10. The number of β-amino-alcohol motifs (C(OH)–C–C–N with tert-alkyl or cyclic N) is 1. The van der Waals surface area contributed by atoms with Gasteiger partial charge in [0.2, 0.25) is 0 Å². The standard InChI is InChI=1S/C6H13NO.C3H8O/c8-6-5-7-3-1-2-4-7;1-2-3-4/h8H,1-6H2;4H,2-3H2,1H3. The zero-order chi connectivity index (χ0) is 9.23. The molecule has 0 saturated carbocycles. The van der Waals surface area contributed by atoms with E-state index in [1.54, 1.807) is 0 Å². The Balaban J connectivity index is 0.000000261. The Bertz CT molecular complexity index is 80.6. The highest BCUT2D eigenvalue weighted by molar-refractivity contribution is 4.64. The molecule has 0 spiro atoms. The topological polar surface area (TPSA) is 43.7 Å². The lowest BCUT2D eigenvalue weighted by Crippen LogP contribution is -2.22. The zero-order valence-electron chi connectivity index (χ0n) is 8.00. The third kappa shape index (κ3) is 6.58. The highest BCUT2D eigenvalue weighted by atomic mass is 16.3. The summed E-state index contributed by atoms with van der Waals surface area (Å²) in [5, 5.41) is 16.4. The molecule has 1 saturated heterocycles. The van der Waals surface area contributed by atoms with Crippen molar-refractivity contribution < 1.29 is 10.2 Å². The van der Waals surface area contributed by atoms with Crippen LogP contribution in [-0.2, 0) is 0 Å². The highest BCUT2D eigenvalue weighted by Crippen LogP contribution is 2.04. The molecule has 0 aromatic carbocycles. The van der Waals surface area contributed by atoms with Crippen LogP contribution < -0.4 is 0 Å². The first-order chi connectivity index (χ1) is 5.85. The molecule has 0 unspecified atom stereocenters. The van der Waals surface area contributed by atoms with Gasteiger partial charge in [-0.15, -0.1) is 0 Å². The van der Waals surface area contributed by atoms with Gasteiger partial charge < -0.3 is 15.1 Å². The number of nitrogens with zero attached hydrogens (tertiary/aromatic N) is 1. The molecule has 3 nitrogen and oxygen atoms in total. The zero-order valence-corrected chi connectivity index (χ0v) is 8.00. The van der Waals surface area contributed by atoms with Crippen molar-refractivity contribution in [3.8, 4) is 0 Å². The molecule has 1 fully saturated rings. The minimum absolute atomic E-state index is 0.319. The van der Waals surface area contributed by atoms with Gasteiger partial charge in [-0.1, -0.05) is 6.92 Å². The van der Waals surface area contributed by atoms with Crippen LogP contribution in [-0.4, -0.2) is 48.0 Å². The number of rotatable bonds is 3. The summed E-state index contributed by atoms with van der Waals surface area (Å²) in [5.41, 5.74) is 0. The van der Waals surface area contributed by atoms with E-state index >= 15 is 0 Å². The van der Waals surface area contributed by atoms with Gasteiger partial charge in [0.1, 0.15) is 0 Å². The van der Waals surface area contributed by atoms with E-state index < -0.39 is 0 Å². The van der Waals surface area contributed by atoms with E-state index in [9.17, 15) is 0 Å². The van der Waals surface area contributed by atoms with E-state index in [1.807, 2.05) is 6.92 Å². The summed E-state index contributed by atoms with van der Waals surface area (Å²) in [6, 6.07) is 0. The third-order valence-electron chi connectivity index (χ3n) is 1.84. The molecule has 1 aliphatic rings. The molecule has 0 aliphatic carbocycles. The van der Waals surface area contributed by atoms with Crippen LogP contribution in [0.25, 0.3) is 0 Å². The fourth-order valence-electron chi connectivity index (χ4n) is 1.15. The molecule has 1 rings (SSSR count). The SMILES string of the molecule is CCCO.OCCN1CCCC1. The Morgan fingerprint density at radius 1 is 1.08 bits per heavy atom. The second kappa shape index (κ2) is 8.97. The Kier molecular flexibility index (Phi) is 8.88. The van der Waals surface area contributed by atoms with Gasteiger partial charge in [0.15, 0.2) is 0 Å². The summed E-state index contributed by atoms with van der Waals surface area (Å²) in [4.78, 5) is 2.29. The van der Waals surface area contributed by atoms with E-state index in [4.69, 9.17) is 10.2 Å². The monoisotopic (exact) mass is 175 g/mol. The summed E-state index contributed by atoms with van der Waals surface area (Å²) >= 11 is 0. The van der Waals surface area contributed by atoms with Crippen molar-refractivity contribution in [3.05, 3.63) is 0 Å². The van der Waals surface area contributed by atoms with Crippen LogP contribution in [0.5, 0.6) is 0 Å². The molecule has 0 aromatic rings. The quantitative estimate of drug-likeness (QED) is 0.655. The molecule has 1 heterocycles. The van der Waals surface area contributed by atoms with Crippen LogP contribution in [0.15, 0.2) is 0 Å². The molecule has 0 bridgehead atoms. The van der Waals surface area contributed by atoms with Crippen LogP contribution in [0.1, 0.15) is 26.2 Å². The highest BCUT2D eigenvalue weighted by Gasteiger charge is 2.08. The first-order valence-electron chi connectivity index (χ1n) is 4.79. The lowest BCUT2D eigenvalue weighted by molar-refractivity contribution is 0.221. The normalized spacial score (nSPS) is 17.2. The van der Waals surface area contributed by atoms with Crippen molar-refractivity contribution in [3.63, 3.8) is 0 Å². The van der Waals surface area contributed by atoms with Gasteiger partial charge in [0.25, 0.3) is 0 Å². The summed E-state index contributed by atoms with van der Waals surface area (Å²) < 4.78 is 0. The molecule has 12 heavy (non-hydrogen) atoms. The van der Waals surface area contributed by atoms with E-state index in [2.05, 4.69) is 4.90 Å². The van der Waals surface area contributed by atoms with Crippen LogP contribution >= 0.6 is 0 Å². The molecule has 1 aliphatic heterocycles. The third-order valence-corrected chi connectivity index (χ3v) is 1.84. The number of likely N-dealkylation sites (tertiary alicyclic amines) is 1. The first-order valence-corrected chi connectivity index (χ1v) is 4.79. The second-order valence-corrected chi connectivity index (χ2v) is 3.00. The minimum Gasteiger partial charge on any atom is -0.396 e. The maximum absolute atomic E-state index is 8.48. The predicted molar refractivity (Wildman–Crippen MR) is 50.1 cm³/mol. The average molecular weight is 175 g/mol. The number of aliphatic hydroxyl groups is 2. The molecular formula is C9H21NO2. The van der Waals surface area contributed by atoms with Gasteiger partial charge in [-0.05, 0) is 32.4 Å². The van der Waals surface area contributed by atoms with Gasteiger partial charge in [-0.3, -0.25) is 0 Å². The lowest BCUT2D eigenvalue weighted by atomic mass is 10.4. The van der Waals surface area contributed by atoms with Crippen LogP contribution in [0.3, 0.4) is 0 Å².